The number of hydrogen-bond acceptors (Lipinski definition) is 4. The van der Waals surface area contributed by atoms with Gasteiger partial charge < -0.3 is 14.5 Å². The van der Waals surface area contributed by atoms with Crippen molar-refractivity contribution >= 4 is 66.2 Å². The van der Waals surface area contributed by atoms with Crippen molar-refractivity contribution in [2.75, 3.05) is 12.4 Å². The van der Waals surface area contributed by atoms with Crippen molar-refractivity contribution in [1.82, 2.24) is 4.98 Å². The van der Waals surface area contributed by atoms with Crippen molar-refractivity contribution in [3.05, 3.63) is 73.6 Å². The highest BCUT2D eigenvalue weighted by atomic mass is 79.9. The van der Waals surface area contributed by atoms with Gasteiger partial charge in [0, 0.05) is 10.2 Å². The summed E-state index contributed by atoms with van der Waals surface area (Å²) in [5.74, 6) is -2.11. The first-order valence-electron chi connectivity index (χ1n) is 8.66. The van der Waals surface area contributed by atoms with Crippen LogP contribution in [0.4, 0.5) is 14.5 Å². The number of fused-ring (bicyclic) bond motifs is 1. The maximum absolute atomic E-state index is 13.6. The number of hydrogen-bond donors (Lipinski definition) is 1. The third-order valence-electron chi connectivity index (χ3n) is 4.34. The normalized spacial score (nSPS) is 11.0. The number of halogens is 5. The predicted molar refractivity (Wildman–Crippen MR) is 121 cm³/mol. The minimum Gasteiger partial charge on any atom is -0.495 e. The minimum absolute atomic E-state index is 0.0277. The lowest BCUT2D eigenvalue weighted by molar-refractivity contribution is 0.102. The highest BCUT2D eigenvalue weighted by Gasteiger charge is 2.18. The van der Waals surface area contributed by atoms with Crippen LogP contribution in [0.1, 0.15) is 10.4 Å². The fourth-order valence-corrected chi connectivity index (χ4v) is 4.56. The van der Waals surface area contributed by atoms with E-state index in [1.807, 2.05) is 0 Å². The molecule has 5 nitrogen and oxygen atoms in total. The van der Waals surface area contributed by atoms with Gasteiger partial charge in [0.1, 0.15) is 11.3 Å². The number of amides is 1. The van der Waals surface area contributed by atoms with Crippen molar-refractivity contribution in [2.24, 2.45) is 0 Å². The Hall–Kier alpha value is -2.49. The number of nitrogens with zero attached hydrogens (tertiary/aromatic N) is 1. The molecule has 10 heteroatoms. The molecule has 0 saturated carbocycles. The fraction of sp³-hybridized carbons (Fsp3) is 0.0476. The second-order valence-corrected chi connectivity index (χ2v) is 8.55. The van der Waals surface area contributed by atoms with Gasteiger partial charge in [-0.2, -0.15) is 0 Å². The Bertz CT molecular complexity index is 1340. The van der Waals surface area contributed by atoms with Crippen LogP contribution in [-0.2, 0) is 0 Å². The molecule has 3 aromatic carbocycles. The molecule has 0 aliphatic carbocycles. The summed E-state index contributed by atoms with van der Waals surface area (Å²) in [7, 11) is 1.47. The second kappa shape index (κ2) is 8.57. The molecule has 1 N–H and O–H groups in total. The van der Waals surface area contributed by atoms with Crippen molar-refractivity contribution in [1.29, 1.82) is 0 Å². The largest absolute Gasteiger partial charge is 0.495 e. The van der Waals surface area contributed by atoms with Gasteiger partial charge >= 0.3 is 0 Å². The lowest BCUT2D eigenvalue weighted by atomic mass is 10.2. The van der Waals surface area contributed by atoms with E-state index in [0.29, 0.717) is 37.0 Å². The van der Waals surface area contributed by atoms with Gasteiger partial charge in [-0.05, 0) is 58.4 Å². The summed E-state index contributed by atoms with van der Waals surface area (Å²) in [6.45, 7) is 0. The van der Waals surface area contributed by atoms with Crippen LogP contribution in [0.15, 0.2) is 55.8 Å². The number of nitrogens with one attached hydrogen (secondary N) is 1. The molecule has 4 rings (SSSR count). The first kappa shape index (κ1) is 21.7. The van der Waals surface area contributed by atoms with Crippen LogP contribution >= 0.6 is 43.5 Å². The maximum Gasteiger partial charge on any atom is 0.259 e. The van der Waals surface area contributed by atoms with Crippen molar-refractivity contribution in [3.8, 4) is 17.2 Å². The number of rotatable bonds is 4. The van der Waals surface area contributed by atoms with Gasteiger partial charge in [0.25, 0.3) is 5.91 Å². The SMILES string of the molecule is COc1c(Br)cc(Br)cc1C(=O)Nc1ccc2oc(-c3cc(F)c(F)cc3Cl)nc2c1. The average Bonchev–Trinajstić information content (AvgIpc) is 3.13. The zero-order valence-corrected chi connectivity index (χ0v) is 19.5. The molecule has 0 aliphatic rings. The first-order valence-corrected chi connectivity index (χ1v) is 10.6. The third-order valence-corrected chi connectivity index (χ3v) is 5.70. The number of aromatic nitrogens is 1. The summed E-state index contributed by atoms with van der Waals surface area (Å²) in [5.41, 5.74) is 1.67. The Morgan fingerprint density at radius 3 is 2.61 bits per heavy atom. The summed E-state index contributed by atoms with van der Waals surface area (Å²) in [4.78, 5) is 17.1. The molecule has 0 atom stereocenters. The monoisotopic (exact) mass is 570 g/mol. The molecular weight excluding hydrogens is 561 g/mol. The lowest BCUT2D eigenvalue weighted by Gasteiger charge is -2.11. The maximum atomic E-state index is 13.6. The molecule has 0 aliphatic heterocycles. The number of oxazole rings is 1. The molecule has 0 fully saturated rings. The van der Waals surface area contributed by atoms with E-state index in [0.717, 1.165) is 12.1 Å². The predicted octanol–water partition coefficient (Wildman–Crippen LogP) is 7.21. The van der Waals surface area contributed by atoms with Crippen LogP contribution in [0.5, 0.6) is 5.75 Å². The van der Waals surface area contributed by atoms with Crippen molar-refractivity contribution in [2.45, 2.75) is 0 Å². The van der Waals surface area contributed by atoms with E-state index >= 15 is 0 Å². The molecule has 31 heavy (non-hydrogen) atoms. The molecule has 0 saturated heterocycles. The number of carbonyl (C=O) groups is 1. The van der Waals surface area contributed by atoms with E-state index < -0.39 is 17.5 Å². The van der Waals surface area contributed by atoms with Gasteiger partial charge in [-0.25, -0.2) is 13.8 Å². The summed E-state index contributed by atoms with van der Waals surface area (Å²) in [6.07, 6.45) is 0. The lowest BCUT2D eigenvalue weighted by Crippen LogP contribution is -2.13. The summed E-state index contributed by atoms with van der Waals surface area (Å²) >= 11 is 12.7. The van der Waals surface area contributed by atoms with Crippen LogP contribution in [0.3, 0.4) is 0 Å². The van der Waals surface area contributed by atoms with E-state index in [9.17, 15) is 13.6 Å². The van der Waals surface area contributed by atoms with E-state index in [-0.39, 0.29) is 16.5 Å². The number of methoxy groups -OCH3 is 1. The second-order valence-electron chi connectivity index (χ2n) is 6.37. The number of ether oxygens (including phenoxy) is 1. The molecule has 0 unspecified atom stereocenters. The molecule has 158 valence electrons. The van der Waals surface area contributed by atoms with Gasteiger partial charge in [-0.15, -0.1) is 0 Å². The first-order chi connectivity index (χ1) is 14.8. The minimum atomic E-state index is -1.07. The Balaban J connectivity index is 1.67. The zero-order chi connectivity index (χ0) is 22.3. The third kappa shape index (κ3) is 4.30. The Labute approximate surface area is 196 Å². The standard InChI is InChI=1S/C21H11Br2ClF2N2O3/c1-30-19-12(4-9(22)5-13(19)23)20(29)27-10-2-3-18-17(6-10)28-21(31-18)11-7-15(25)16(26)8-14(11)24/h2-8H,1H3,(H,27,29). The number of carbonyl (C=O) groups excluding carboxylic acids is 1. The van der Waals surface area contributed by atoms with E-state index in [2.05, 4.69) is 42.2 Å². The van der Waals surface area contributed by atoms with E-state index in [4.69, 9.17) is 20.8 Å². The molecule has 0 spiro atoms. The molecule has 1 aromatic heterocycles. The molecule has 1 amide bonds. The highest BCUT2D eigenvalue weighted by molar-refractivity contribution is 9.11. The topological polar surface area (TPSA) is 64.4 Å². The van der Waals surface area contributed by atoms with Crippen LogP contribution in [0.25, 0.3) is 22.6 Å². The van der Waals surface area contributed by atoms with Crippen molar-refractivity contribution < 1.29 is 22.7 Å². The molecule has 1 heterocycles. The highest BCUT2D eigenvalue weighted by Crippen LogP contribution is 2.34. The van der Waals surface area contributed by atoms with Crippen LogP contribution in [0, 0.1) is 11.6 Å². The van der Waals surface area contributed by atoms with Gasteiger partial charge in [0.15, 0.2) is 17.2 Å². The van der Waals surface area contributed by atoms with Gasteiger partial charge in [-0.3, -0.25) is 4.79 Å². The van der Waals surface area contributed by atoms with E-state index in [1.54, 1.807) is 30.3 Å². The van der Waals surface area contributed by atoms with Gasteiger partial charge in [0.05, 0.1) is 27.7 Å². The van der Waals surface area contributed by atoms with E-state index in [1.165, 1.54) is 7.11 Å². The Morgan fingerprint density at radius 1 is 1.13 bits per heavy atom. The van der Waals surface area contributed by atoms with Crippen molar-refractivity contribution in [3.63, 3.8) is 0 Å². The molecule has 4 aromatic rings. The molecule has 0 radical (unpaired) electrons. The summed E-state index contributed by atoms with van der Waals surface area (Å²) in [5, 5.41) is 2.74. The molecular formula is C21H11Br2ClF2N2O3. The van der Waals surface area contributed by atoms with Gasteiger partial charge in [-0.1, -0.05) is 27.5 Å². The van der Waals surface area contributed by atoms with Crippen LogP contribution < -0.4 is 10.1 Å². The molecule has 0 bridgehead atoms. The number of benzene rings is 3. The van der Waals surface area contributed by atoms with Gasteiger partial charge in [0.2, 0.25) is 5.89 Å². The summed E-state index contributed by atoms with van der Waals surface area (Å²) in [6, 6.07) is 10.00. The number of anilines is 1. The fourth-order valence-electron chi connectivity index (χ4n) is 2.94. The van der Waals surface area contributed by atoms with Crippen LogP contribution in [-0.4, -0.2) is 18.0 Å². The Morgan fingerprint density at radius 2 is 1.87 bits per heavy atom. The van der Waals surface area contributed by atoms with Crippen LogP contribution in [0.2, 0.25) is 5.02 Å². The Kier molecular flexibility index (Phi) is 6.00. The smallest absolute Gasteiger partial charge is 0.259 e. The average molecular weight is 573 g/mol. The summed E-state index contributed by atoms with van der Waals surface area (Å²) < 4.78 is 39.2. The zero-order valence-electron chi connectivity index (χ0n) is 15.6. The quantitative estimate of drug-likeness (QED) is 0.263.